The van der Waals surface area contributed by atoms with E-state index in [1.54, 1.807) is 0 Å². The topological polar surface area (TPSA) is 15.3 Å². The molecule has 2 fully saturated rings. The smallest absolute Gasteiger partial charge is 0.0234 e. The quantitative estimate of drug-likeness (QED) is 0.903. The van der Waals surface area contributed by atoms with Gasteiger partial charge in [-0.2, -0.15) is 0 Å². The van der Waals surface area contributed by atoms with Crippen LogP contribution in [0.2, 0.25) is 0 Å². The molecule has 1 N–H and O–H groups in total. The fourth-order valence-corrected chi connectivity index (χ4v) is 3.87. The van der Waals surface area contributed by atoms with Crippen LogP contribution in [-0.4, -0.2) is 30.1 Å². The molecule has 110 valence electrons. The van der Waals surface area contributed by atoms with Crippen LogP contribution in [0.4, 0.5) is 0 Å². The summed E-state index contributed by atoms with van der Waals surface area (Å²) in [5.41, 5.74) is 1.93. The third-order valence-electron chi connectivity index (χ3n) is 5.22. The minimum Gasteiger partial charge on any atom is -0.309 e. The van der Waals surface area contributed by atoms with Crippen LogP contribution in [0.5, 0.6) is 0 Å². The van der Waals surface area contributed by atoms with Gasteiger partial charge in [-0.25, -0.2) is 0 Å². The molecule has 1 aliphatic carbocycles. The molecule has 2 atom stereocenters. The first-order chi connectivity index (χ1) is 9.63. The van der Waals surface area contributed by atoms with E-state index in [4.69, 9.17) is 0 Å². The third-order valence-corrected chi connectivity index (χ3v) is 5.22. The molecule has 2 heteroatoms. The Kier molecular flexibility index (Phi) is 4.13. The lowest BCUT2D eigenvalue weighted by molar-refractivity contribution is 0.253. The summed E-state index contributed by atoms with van der Waals surface area (Å²) in [5, 5.41) is 3.94. The molecule has 20 heavy (non-hydrogen) atoms. The molecular weight excluding hydrogens is 244 g/mol. The molecule has 2 unspecified atom stereocenters. The Bertz CT molecular complexity index is 426. The minimum absolute atomic E-state index is 0.493. The van der Waals surface area contributed by atoms with Gasteiger partial charge < -0.3 is 5.32 Å². The zero-order valence-corrected chi connectivity index (χ0v) is 12.9. The van der Waals surface area contributed by atoms with Gasteiger partial charge in [0.15, 0.2) is 0 Å². The van der Waals surface area contributed by atoms with Gasteiger partial charge in [0.2, 0.25) is 0 Å². The van der Waals surface area contributed by atoms with Crippen molar-refractivity contribution in [3.05, 3.63) is 35.9 Å². The summed E-state index contributed by atoms with van der Waals surface area (Å²) in [4.78, 5) is 2.59. The second-order valence-corrected chi connectivity index (χ2v) is 7.31. The van der Waals surface area contributed by atoms with Crippen molar-refractivity contribution in [3.8, 4) is 0 Å². The zero-order chi connectivity index (χ0) is 14.0. The van der Waals surface area contributed by atoms with E-state index < -0.39 is 0 Å². The Morgan fingerprint density at radius 1 is 1.20 bits per heavy atom. The molecule has 0 spiro atoms. The van der Waals surface area contributed by atoms with Gasteiger partial charge in [-0.1, -0.05) is 50.6 Å². The van der Waals surface area contributed by atoms with E-state index in [2.05, 4.69) is 54.4 Å². The summed E-state index contributed by atoms with van der Waals surface area (Å²) in [6.07, 6.45) is 5.44. The summed E-state index contributed by atoms with van der Waals surface area (Å²) in [6.45, 7) is 8.40. The molecule has 0 aromatic heterocycles. The number of nitrogens with one attached hydrogen (secondary N) is 1. The van der Waals surface area contributed by atoms with Crippen molar-refractivity contribution in [2.24, 2.45) is 5.41 Å². The zero-order valence-electron chi connectivity index (χ0n) is 12.9. The molecule has 1 aromatic rings. The van der Waals surface area contributed by atoms with Crippen molar-refractivity contribution < 1.29 is 0 Å². The van der Waals surface area contributed by atoms with Crippen LogP contribution in [0.1, 0.15) is 45.1 Å². The SMILES string of the molecule is CC1(C)CCCC1NC1CCN(Cc2ccccc2)C1. The van der Waals surface area contributed by atoms with Gasteiger partial charge in [-0.15, -0.1) is 0 Å². The van der Waals surface area contributed by atoms with Gasteiger partial charge in [0.25, 0.3) is 0 Å². The van der Waals surface area contributed by atoms with Crippen molar-refractivity contribution in [2.45, 2.75) is 58.2 Å². The summed E-state index contributed by atoms with van der Waals surface area (Å²) in [7, 11) is 0. The van der Waals surface area contributed by atoms with E-state index in [0.717, 1.165) is 12.6 Å². The molecule has 1 saturated heterocycles. The Balaban J connectivity index is 1.50. The maximum atomic E-state index is 3.94. The molecule has 0 radical (unpaired) electrons. The number of benzene rings is 1. The Morgan fingerprint density at radius 2 is 2.00 bits per heavy atom. The van der Waals surface area contributed by atoms with Crippen LogP contribution in [0.3, 0.4) is 0 Å². The van der Waals surface area contributed by atoms with Gasteiger partial charge >= 0.3 is 0 Å². The van der Waals surface area contributed by atoms with Crippen LogP contribution >= 0.6 is 0 Å². The summed E-state index contributed by atoms with van der Waals surface area (Å²) < 4.78 is 0. The first kappa shape index (κ1) is 14.1. The highest BCUT2D eigenvalue weighted by Crippen LogP contribution is 2.37. The number of nitrogens with zero attached hydrogens (tertiary/aromatic N) is 1. The lowest BCUT2D eigenvalue weighted by Gasteiger charge is -2.30. The van der Waals surface area contributed by atoms with Crippen LogP contribution in [0.15, 0.2) is 30.3 Å². The fraction of sp³-hybridized carbons (Fsp3) is 0.667. The molecule has 0 amide bonds. The standard InChI is InChI=1S/C18H28N2/c1-18(2)11-6-9-17(18)19-16-10-12-20(14-16)13-15-7-4-3-5-8-15/h3-5,7-8,16-17,19H,6,9-14H2,1-2H3. The highest BCUT2D eigenvalue weighted by molar-refractivity contribution is 5.14. The number of likely N-dealkylation sites (tertiary alicyclic amines) is 1. The lowest BCUT2D eigenvalue weighted by Crippen LogP contribution is -2.45. The van der Waals surface area contributed by atoms with Crippen LogP contribution < -0.4 is 5.32 Å². The van der Waals surface area contributed by atoms with Gasteiger partial charge in [0, 0.05) is 31.7 Å². The van der Waals surface area contributed by atoms with Crippen molar-refractivity contribution in [3.63, 3.8) is 0 Å². The van der Waals surface area contributed by atoms with Gasteiger partial charge in [-0.3, -0.25) is 4.90 Å². The van der Waals surface area contributed by atoms with Crippen molar-refractivity contribution in [1.82, 2.24) is 10.2 Å². The Morgan fingerprint density at radius 3 is 2.70 bits per heavy atom. The van der Waals surface area contributed by atoms with Crippen LogP contribution in [0.25, 0.3) is 0 Å². The van der Waals surface area contributed by atoms with Gasteiger partial charge in [0.05, 0.1) is 0 Å². The highest BCUT2D eigenvalue weighted by Gasteiger charge is 2.36. The molecule has 2 nitrogen and oxygen atoms in total. The molecule has 1 aliphatic heterocycles. The van der Waals surface area contributed by atoms with E-state index >= 15 is 0 Å². The second-order valence-electron chi connectivity index (χ2n) is 7.31. The molecule has 1 saturated carbocycles. The van der Waals surface area contributed by atoms with Gasteiger partial charge in [-0.05, 0) is 30.2 Å². The maximum absolute atomic E-state index is 3.94. The van der Waals surface area contributed by atoms with Crippen molar-refractivity contribution in [2.75, 3.05) is 13.1 Å². The van der Waals surface area contributed by atoms with Crippen molar-refractivity contribution in [1.29, 1.82) is 0 Å². The average Bonchev–Trinajstić information content (AvgIpc) is 2.99. The second kappa shape index (κ2) is 5.87. The molecule has 1 heterocycles. The molecular formula is C18H28N2. The number of rotatable bonds is 4. The van der Waals surface area contributed by atoms with E-state index in [-0.39, 0.29) is 0 Å². The first-order valence-corrected chi connectivity index (χ1v) is 8.16. The van der Waals surface area contributed by atoms with Crippen molar-refractivity contribution >= 4 is 0 Å². The molecule has 2 aliphatic rings. The number of hydrogen-bond acceptors (Lipinski definition) is 2. The normalized spacial score (nSPS) is 29.9. The Hall–Kier alpha value is -0.860. The number of hydrogen-bond donors (Lipinski definition) is 1. The van der Waals surface area contributed by atoms with Gasteiger partial charge in [0.1, 0.15) is 0 Å². The Labute approximate surface area is 123 Å². The van der Waals surface area contributed by atoms with E-state index in [1.807, 2.05) is 0 Å². The molecule has 3 rings (SSSR count). The van der Waals surface area contributed by atoms with E-state index in [0.29, 0.717) is 11.5 Å². The predicted octanol–water partition coefficient (Wildman–Crippen LogP) is 3.43. The first-order valence-electron chi connectivity index (χ1n) is 8.16. The van der Waals surface area contributed by atoms with E-state index in [9.17, 15) is 0 Å². The third kappa shape index (κ3) is 3.24. The van der Waals surface area contributed by atoms with E-state index in [1.165, 1.54) is 44.3 Å². The fourth-order valence-electron chi connectivity index (χ4n) is 3.87. The molecule has 1 aromatic carbocycles. The largest absolute Gasteiger partial charge is 0.309 e. The summed E-state index contributed by atoms with van der Waals surface area (Å²) in [5.74, 6) is 0. The predicted molar refractivity (Wildman–Crippen MR) is 84.7 cm³/mol. The average molecular weight is 272 g/mol. The summed E-state index contributed by atoms with van der Waals surface area (Å²) >= 11 is 0. The monoisotopic (exact) mass is 272 g/mol. The summed E-state index contributed by atoms with van der Waals surface area (Å²) in [6, 6.07) is 12.3. The highest BCUT2D eigenvalue weighted by atomic mass is 15.2. The maximum Gasteiger partial charge on any atom is 0.0234 e. The van der Waals surface area contributed by atoms with Crippen LogP contribution in [0, 0.1) is 5.41 Å². The lowest BCUT2D eigenvalue weighted by atomic mass is 9.87. The van der Waals surface area contributed by atoms with Crippen LogP contribution in [-0.2, 0) is 6.54 Å². The minimum atomic E-state index is 0.493. The molecule has 0 bridgehead atoms.